The van der Waals surface area contributed by atoms with Gasteiger partial charge < -0.3 is 5.32 Å². The largest absolute Gasteiger partial charge is 0.356 e. The lowest BCUT2D eigenvalue weighted by Crippen LogP contribution is -1.93. The highest BCUT2D eigenvalue weighted by Gasteiger charge is 2.11. The van der Waals surface area contributed by atoms with E-state index in [1.165, 1.54) is 43.8 Å². The minimum Gasteiger partial charge on any atom is -0.356 e. The second-order valence-electron chi connectivity index (χ2n) is 8.34. The second-order valence-corrected chi connectivity index (χ2v) is 8.34. The predicted molar refractivity (Wildman–Crippen MR) is 142 cm³/mol. The minimum atomic E-state index is 1.08. The summed E-state index contributed by atoms with van der Waals surface area (Å²) in [5.41, 5.74) is 7.05. The van der Waals surface area contributed by atoms with Gasteiger partial charge in [-0.05, 0) is 74.1 Å². The Kier molecular flexibility index (Phi) is 4.86. The van der Waals surface area contributed by atoms with E-state index >= 15 is 0 Å². The van der Waals surface area contributed by atoms with Crippen LogP contribution in [-0.2, 0) is 0 Å². The summed E-state index contributed by atoms with van der Waals surface area (Å²) in [5, 5.41) is 8.66. The van der Waals surface area contributed by atoms with Gasteiger partial charge in [0.1, 0.15) is 0 Å². The van der Waals surface area contributed by atoms with Crippen LogP contribution >= 0.6 is 0 Å². The molecule has 0 heterocycles. The maximum atomic E-state index is 3.56. The van der Waals surface area contributed by atoms with E-state index < -0.39 is 0 Å². The molecule has 0 aliphatic heterocycles. The van der Waals surface area contributed by atoms with Crippen molar-refractivity contribution in [2.24, 2.45) is 0 Å². The third-order valence-corrected chi connectivity index (χ3v) is 6.22. The third-order valence-electron chi connectivity index (χ3n) is 6.22. The molecule has 1 heteroatoms. The molecule has 6 aromatic carbocycles. The smallest absolute Gasteiger partial charge is 0.0390 e. The Hall–Kier alpha value is -4.36. The van der Waals surface area contributed by atoms with Gasteiger partial charge in [0, 0.05) is 11.4 Å². The molecule has 156 valence electrons. The molecule has 0 atom stereocenters. The Balaban J connectivity index is 1.55. The number of para-hydroxylation sites is 1. The van der Waals surface area contributed by atoms with Gasteiger partial charge in [0.05, 0.1) is 0 Å². The molecule has 33 heavy (non-hydrogen) atoms. The van der Waals surface area contributed by atoms with Gasteiger partial charge in [0.15, 0.2) is 0 Å². The highest BCUT2D eigenvalue weighted by molar-refractivity contribution is 6.09. The molecule has 0 amide bonds. The van der Waals surface area contributed by atoms with Crippen LogP contribution in [0.1, 0.15) is 0 Å². The molecule has 0 saturated heterocycles. The van der Waals surface area contributed by atoms with Crippen LogP contribution in [0, 0.1) is 0 Å². The van der Waals surface area contributed by atoms with Crippen molar-refractivity contribution >= 4 is 32.9 Å². The summed E-state index contributed by atoms with van der Waals surface area (Å²) in [4.78, 5) is 0. The molecule has 0 fully saturated rings. The zero-order valence-corrected chi connectivity index (χ0v) is 18.2. The number of hydrogen-bond donors (Lipinski definition) is 1. The first kappa shape index (κ1) is 19.3. The molecule has 0 radical (unpaired) electrons. The summed E-state index contributed by atoms with van der Waals surface area (Å²) >= 11 is 0. The van der Waals surface area contributed by atoms with Gasteiger partial charge in [-0.1, -0.05) is 103 Å². The van der Waals surface area contributed by atoms with E-state index in [0.29, 0.717) is 0 Å². The Morgan fingerprint density at radius 3 is 1.85 bits per heavy atom. The highest BCUT2D eigenvalue weighted by atomic mass is 14.9. The molecule has 0 saturated carbocycles. The summed E-state index contributed by atoms with van der Waals surface area (Å²) < 4.78 is 0. The topological polar surface area (TPSA) is 12.0 Å². The van der Waals surface area contributed by atoms with Crippen molar-refractivity contribution in [1.29, 1.82) is 0 Å². The van der Waals surface area contributed by atoms with Gasteiger partial charge in [0.25, 0.3) is 0 Å². The zero-order valence-electron chi connectivity index (χ0n) is 18.2. The van der Waals surface area contributed by atoms with Crippen LogP contribution in [0.4, 0.5) is 11.4 Å². The van der Waals surface area contributed by atoms with Crippen LogP contribution < -0.4 is 5.32 Å². The van der Waals surface area contributed by atoms with E-state index in [1.807, 2.05) is 6.07 Å². The summed E-state index contributed by atoms with van der Waals surface area (Å²) in [5.74, 6) is 0. The number of anilines is 2. The molecular weight excluding hydrogens is 398 g/mol. The van der Waals surface area contributed by atoms with E-state index in [9.17, 15) is 0 Å². The standard InChI is InChI=1S/C32H23N/c1-3-9-23(10-4-1)30-20-19-28(33-27-12-5-2-6-13-27)22-32(30)26-18-17-25-16-15-24-11-7-8-14-29(24)31(25)21-26/h1-22,33H. The Morgan fingerprint density at radius 2 is 1.03 bits per heavy atom. The van der Waals surface area contributed by atoms with Crippen molar-refractivity contribution in [2.45, 2.75) is 0 Å². The molecule has 6 rings (SSSR count). The molecule has 0 aliphatic carbocycles. The number of benzene rings is 6. The first-order valence-electron chi connectivity index (χ1n) is 11.3. The molecule has 1 nitrogen and oxygen atoms in total. The van der Waals surface area contributed by atoms with Gasteiger partial charge in [-0.3, -0.25) is 0 Å². The molecule has 0 unspecified atom stereocenters. The van der Waals surface area contributed by atoms with Gasteiger partial charge in [0.2, 0.25) is 0 Å². The van der Waals surface area contributed by atoms with Crippen LogP contribution in [0.3, 0.4) is 0 Å². The summed E-state index contributed by atoms with van der Waals surface area (Å²) in [6, 6.07) is 47.5. The van der Waals surface area contributed by atoms with Crippen molar-refractivity contribution in [3.05, 3.63) is 133 Å². The number of nitrogens with one attached hydrogen (secondary N) is 1. The average Bonchev–Trinajstić information content (AvgIpc) is 2.89. The Morgan fingerprint density at radius 1 is 0.364 bits per heavy atom. The molecular formula is C32H23N. The SMILES string of the molecule is c1ccc(Nc2ccc(-c3ccccc3)c(-c3ccc4ccc5ccccc5c4c3)c2)cc1. The number of hydrogen-bond acceptors (Lipinski definition) is 1. The molecule has 0 aromatic heterocycles. The van der Waals surface area contributed by atoms with Crippen molar-refractivity contribution in [3.63, 3.8) is 0 Å². The third kappa shape index (κ3) is 3.75. The highest BCUT2D eigenvalue weighted by Crippen LogP contribution is 2.37. The van der Waals surface area contributed by atoms with Crippen LogP contribution in [0.25, 0.3) is 43.8 Å². The molecule has 6 aromatic rings. The van der Waals surface area contributed by atoms with Crippen LogP contribution in [0.2, 0.25) is 0 Å². The summed E-state index contributed by atoms with van der Waals surface area (Å²) in [6.07, 6.45) is 0. The first-order chi connectivity index (χ1) is 16.3. The number of rotatable bonds is 4. The normalized spacial score (nSPS) is 11.0. The van der Waals surface area contributed by atoms with E-state index in [4.69, 9.17) is 0 Å². The fourth-order valence-corrected chi connectivity index (χ4v) is 4.59. The van der Waals surface area contributed by atoms with Crippen molar-refractivity contribution in [2.75, 3.05) is 5.32 Å². The van der Waals surface area contributed by atoms with Gasteiger partial charge in [-0.15, -0.1) is 0 Å². The molecule has 0 spiro atoms. The lowest BCUT2D eigenvalue weighted by Gasteiger charge is -2.15. The molecule has 0 bridgehead atoms. The van der Waals surface area contributed by atoms with Crippen LogP contribution in [-0.4, -0.2) is 0 Å². The van der Waals surface area contributed by atoms with Gasteiger partial charge in [-0.25, -0.2) is 0 Å². The Bertz CT molecular complexity index is 1570. The fourth-order valence-electron chi connectivity index (χ4n) is 4.59. The van der Waals surface area contributed by atoms with Crippen LogP contribution in [0.15, 0.2) is 133 Å². The second kappa shape index (κ2) is 8.29. The lowest BCUT2D eigenvalue weighted by atomic mass is 9.91. The van der Waals surface area contributed by atoms with Gasteiger partial charge in [-0.2, -0.15) is 0 Å². The van der Waals surface area contributed by atoms with E-state index in [-0.39, 0.29) is 0 Å². The zero-order chi connectivity index (χ0) is 22.0. The van der Waals surface area contributed by atoms with E-state index in [0.717, 1.165) is 11.4 Å². The minimum absolute atomic E-state index is 1.08. The lowest BCUT2D eigenvalue weighted by molar-refractivity contribution is 1.53. The van der Waals surface area contributed by atoms with Crippen molar-refractivity contribution < 1.29 is 0 Å². The van der Waals surface area contributed by atoms with E-state index in [1.54, 1.807) is 0 Å². The first-order valence-corrected chi connectivity index (χ1v) is 11.3. The molecule has 1 N–H and O–H groups in total. The number of fused-ring (bicyclic) bond motifs is 3. The maximum Gasteiger partial charge on any atom is 0.0390 e. The predicted octanol–water partition coefficient (Wildman–Crippen LogP) is 9.07. The Labute approximate surface area is 194 Å². The fraction of sp³-hybridized carbons (Fsp3) is 0. The van der Waals surface area contributed by atoms with Crippen molar-refractivity contribution in [1.82, 2.24) is 0 Å². The maximum absolute atomic E-state index is 3.56. The molecule has 0 aliphatic rings. The summed E-state index contributed by atoms with van der Waals surface area (Å²) in [7, 11) is 0. The summed E-state index contributed by atoms with van der Waals surface area (Å²) in [6.45, 7) is 0. The van der Waals surface area contributed by atoms with Crippen molar-refractivity contribution in [3.8, 4) is 22.3 Å². The monoisotopic (exact) mass is 421 g/mol. The van der Waals surface area contributed by atoms with Crippen LogP contribution in [0.5, 0.6) is 0 Å². The average molecular weight is 422 g/mol. The quantitative estimate of drug-likeness (QED) is 0.280. The van der Waals surface area contributed by atoms with E-state index in [2.05, 4.69) is 133 Å². The van der Waals surface area contributed by atoms with Gasteiger partial charge >= 0.3 is 0 Å².